The van der Waals surface area contributed by atoms with Crippen molar-refractivity contribution in [1.29, 1.82) is 0 Å². The highest BCUT2D eigenvalue weighted by atomic mass is 19.1. The molecule has 0 atom stereocenters. The third-order valence-corrected chi connectivity index (χ3v) is 5.17. The van der Waals surface area contributed by atoms with Gasteiger partial charge in [-0.25, -0.2) is 14.4 Å². The average molecular weight is 406 g/mol. The standard InChI is InChI=1S/C22H23FN6O/c1-15(30)16-5-4-6-17(13-16)27-21-20(24)22(26-14-25-21)29-11-9-28(10-12-29)19-8-3-2-7-18(19)23/h2-8,13-14H,9-12,24H2,1H3,(H,25,26,27). The summed E-state index contributed by atoms with van der Waals surface area (Å²) >= 11 is 0. The quantitative estimate of drug-likeness (QED) is 0.627. The second kappa shape index (κ2) is 8.36. The molecule has 154 valence electrons. The molecule has 3 aromatic rings. The molecule has 0 saturated carbocycles. The maximum atomic E-state index is 14.1. The molecule has 7 nitrogen and oxygen atoms in total. The summed E-state index contributed by atoms with van der Waals surface area (Å²) in [5.41, 5.74) is 8.74. The maximum Gasteiger partial charge on any atom is 0.159 e. The summed E-state index contributed by atoms with van der Waals surface area (Å²) < 4.78 is 14.1. The van der Waals surface area contributed by atoms with E-state index in [1.165, 1.54) is 19.3 Å². The summed E-state index contributed by atoms with van der Waals surface area (Å²) in [6.45, 7) is 4.17. The van der Waals surface area contributed by atoms with Crippen molar-refractivity contribution in [2.24, 2.45) is 0 Å². The lowest BCUT2D eigenvalue weighted by molar-refractivity contribution is 0.101. The van der Waals surface area contributed by atoms with Gasteiger partial charge in [-0.2, -0.15) is 0 Å². The lowest BCUT2D eigenvalue weighted by Crippen LogP contribution is -2.47. The van der Waals surface area contributed by atoms with E-state index in [4.69, 9.17) is 5.73 Å². The number of nitrogens with one attached hydrogen (secondary N) is 1. The third kappa shape index (κ3) is 4.03. The van der Waals surface area contributed by atoms with Gasteiger partial charge in [-0.3, -0.25) is 4.79 Å². The largest absolute Gasteiger partial charge is 0.393 e. The minimum Gasteiger partial charge on any atom is -0.393 e. The van der Waals surface area contributed by atoms with E-state index in [2.05, 4.69) is 20.2 Å². The van der Waals surface area contributed by atoms with Crippen LogP contribution >= 0.6 is 0 Å². The predicted octanol–water partition coefficient (Wildman–Crippen LogP) is 3.47. The SMILES string of the molecule is CC(=O)c1cccc(Nc2ncnc(N3CCN(c4ccccc4F)CC3)c2N)c1. The maximum absolute atomic E-state index is 14.1. The van der Waals surface area contributed by atoms with Gasteiger partial charge in [-0.05, 0) is 31.2 Å². The van der Waals surface area contributed by atoms with Crippen LogP contribution in [0.2, 0.25) is 0 Å². The number of ketones is 1. The Balaban J connectivity index is 1.49. The normalized spacial score (nSPS) is 13.9. The minimum absolute atomic E-state index is 0.0114. The first kappa shape index (κ1) is 19.6. The number of rotatable bonds is 5. The van der Waals surface area contributed by atoms with Crippen molar-refractivity contribution < 1.29 is 9.18 Å². The van der Waals surface area contributed by atoms with Crippen LogP contribution in [0.4, 0.5) is 33.1 Å². The molecule has 0 bridgehead atoms. The molecule has 8 heteroatoms. The molecule has 1 aromatic heterocycles. The molecule has 0 amide bonds. The van der Waals surface area contributed by atoms with Crippen LogP contribution in [0.15, 0.2) is 54.9 Å². The van der Waals surface area contributed by atoms with E-state index in [-0.39, 0.29) is 11.6 Å². The van der Waals surface area contributed by atoms with Gasteiger partial charge in [0.25, 0.3) is 0 Å². The molecule has 0 unspecified atom stereocenters. The Morgan fingerprint density at radius 3 is 2.50 bits per heavy atom. The van der Waals surface area contributed by atoms with Gasteiger partial charge in [0.2, 0.25) is 0 Å². The predicted molar refractivity (Wildman–Crippen MR) is 117 cm³/mol. The Kier molecular flexibility index (Phi) is 5.47. The number of hydrogen-bond acceptors (Lipinski definition) is 7. The van der Waals surface area contributed by atoms with Crippen LogP contribution in [-0.2, 0) is 0 Å². The van der Waals surface area contributed by atoms with Crippen molar-refractivity contribution in [2.75, 3.05) is 47.0 Å². The number of nitrogens with two attached hydrogens (primary N) is 1. The summed E-state index contributed by atoms with van der Waals surface area (Å²) in [4.78, 5) is 24.3. The van der Waals surface area contributed by atoms with E-state index in [1.54, 1.807) is 30.3 Å². The highest BCUT2D eigenvalue weighted by Crippen LogP contribution is 2.30. The molecule has 1 aliphatic rings. The molecular formula is C22H23FN6O. The summed E-state index contributed by atoms with van der Waals surface area (Å²) in [6.07, 6.45) is 1.46. The van der Waals surface area contributed by atoms with Crippen molar-refractivity contribution in [1.82, 2.24) is 9.97 Å². The van der Waals surface area contributed by atoms with Crippen molar-refractivity contribution in [3.63, 3.8) is 0 Å². The highest BCUT2D eigenvalue weighted by Gasteiger charge is 2.22. The minimum atomic E-state index is -0.216. The van der Waals surface area contributed by atoms with Crippen molar-refractivity contribution >= 4 is 34.5 Å². The van der Waals surface area contributed by atoms with E-state index in [0.717, 1.165) is 5.69 Å². The topological polar surface area (TPSA) is 87.4 Å². The van der Waals surface area contributed by atoms with Crippen LogP contribution in [0.25, 0.3) is 0 Å². The summed E-state index contributed by atoms with van der Waals surface area (Å²) in [6, 6.07) is 14.0. The zero-order valence-electron chi connectivity index (χ0n) is 16.7. The molecule has 1 fully saturated rings. The van der Waals surface area contributed by atoms with Crippen molar-refractivity contribution in [3.05, 3.63) is 66.2 Å². The summed E-state index contributed by atoms with van der Waals surface area (Å²) in [7, 11) is 0. The van der Waals surface area contributed by atoms with Gasteiger partial charge in [0.1, 0.15) is 17.8 Å². The Morgan fingerprint density at radius 2 is 1.77 bits per heavy atom. The zero-order chi connectivity index (χ0) is 21.1. The van der Waals surface area contributed by atoms with Gasteiger partial charge in [-0.15, -0.1) is 0 Å². The fourth-order valence-electron chi connectivity index (χ4n) is 3.56. The number of nitrogens with zero attached hydrogens (tertiary/aromatic N) is 4. The molecule has 1 saturated heterocycles. The van der Waals surface area contributed by atoms with Crippen LogP contribution in [0, 0.1) is 5.82 Å². The fraction of sp³-hybridized carbons (Fsp3) is 0.227. The Labute approximate surface area is 174 Å². The van der Waals surface area contributed by atoms with Gasteiger partial charge in [0.15, 0.2) is 17.4 Å². The van der Waals surface area contributed by atoms with E-state index >= 15 is 0 Å². The number of piperazine rings is 1. The summed E-state index contributed by atoms with van der Waals surface area (Å²) in [5, 5.41) is 3.17. The van der Waals surface area contributed by atoms with Crippen LogP contribution in [0.5, 0.6) is 0 Å². The first-order valence-corrected chi connectivity index (χ1v) is 9.76. The van der Waals surface area contributed by atoms with E-state index in [0.29, 0.717) is 54.8 Å². The van der Waals surface area contributed by atoms with Gasteiger partial charge in [0.05, 0.1) is 5.69 Å². The van der Waals surface area contributed by atoms with Gasteiger partial charge < -0.3 is 20.9 Å². The molecule has 2 heterocycles. The second-order valence-corrected chi connectivity index (χ2v) is 7.15. The Bertz CT molecular complexity index is 1060. The number of carbonyl (C=O) groups excluding carboxylic acids is 1. The molecule has 4 rings (SSSR count). The molecule has 1 aliphatic heterocycles. The molecule has 0 aliphatic carbocycles. The van der Waals surface area contributed by atoms with Gasteiger partial charge in [-0.1, -0.05) is 24.3 Å². The van der Waals surface area contributed by atoms with Crippen LogP contribution in [0.3, 0.4) is 0 Å². The zero-order valence-corrected chi connectivity index (χ0v) is 16.7. The Morgan fingerprint density at radius 1 is 1.03 bits per heavy atom. The number of para-hydroxylation sites is 1. The molecule has 2 aromatic carbocycles. The third-order valence-electron chi connectivity index (χ3n) is 5.17. The molecular weight excluding hydrogens is 383 g/mol. The molecule has 3 N–H and O–H groups in total. The number of benzene rings is 2. The number of carbonyl (C=O) groups is 1. The first-order chi connectivity index (χ1) is 14.5. The number of nitrogen functional groups attached to an aromatic ring is 1. The van der Waals surface area contributed by atoms with E-state index in [1.807, 2.05) is 17.0 Å². The monoisotopic (exact) mass is 406 g/mol. The van der Waals surface area contributed by atoms with E-state index < -0.39 is 0 Å². The number of anilines is 5. The lowest BCUT2D eigenvalue weighted by atomic mass is 10.1. The Hall–Kier alpha value is -3.68. The summed E-state index contributed by atoms with van der Waals surface area (Å²) in [5.74, 6) is 0.898. The first-order valence-electron chi connectivity index (χ1n) is 9.76. The average Bonchev–Trinajstić information content (AvgIpc) is 2.76. The molecule has 0 radical (unpaired) electrons. The number of halogens is 1. The van der Waals surface area contributed by atoms with Gasteiger partial charge in [0, 0.05) is 37.4 Å². The smallest absolute Gasteiger partial charge is 0.159 e. The van der Waals surface area contributed by atoms with Crippen LogP contribution in [0.1, 0.15) is 17.3 Å². The second-order valence-electron chi connectivity index (χ2n) is 7.15. The number of aromatic nitrogens is 2. The van der Waals surface area contributed by atoms with Crippen molar-refractivity contribution in [2.45, 2.75) is 6.92 Å². The number of Topliss-reactive ketones (excluding diaryl/α,β-unsaturated/α-hetero) is 1. The van der Waals surface area contributed by atoms with E-state index in [9.17, 15) is 9.18 Å². The lowest BCUT2D eigenvalue weighted by Gasteiger charge is -2.37. The number of hydrogen-bond donors (Lipinski definition) is 2. The highest BCUT2D eigenvalue weighted by molar-refractivity contribution is 5.95. The van der Waals surface area contributed by atoms with Crippen LogP contribution < -0.4 is 20.9 Å². The molecule has 30 heavy (non-hydrogen) atoms. The fourth-order valence-corrected chi connectivity index (χ4v) is 3.56. The molecule has 0 spiro atoms. The van der Waals surface area contributed by atoms with Crippen molar-refractivity contribution in [3.8, 4) is 0 Å². The van der Waals surface area contributed by atoms with Gasteiger partial charge >= 0.3 is 0 Å². The van der Waals surface area contributed by atoms with Crippen LogP contribution in [-0.4, -0.2) is 41.9 Å².